The molecule has 1 aliphatic carbocycles. The van der Waals surface area contributed by atoms with E-state index >= 15 is 0 Å². The minimum absolute atomic E-state index is 0.189. The zero-order valence-electron chi connectivity index (χ0n) is 14.8. The second-order valence-electron chi connectivity index (χ2n) is 6.91. The van der Waals surface area contributed by atoms with Gasteiger partial charge in [0.05, 0.1) is 13.7 Å². The third-order valence-corrected chi connectivity index (χ3v) is 5.48. The first-order valence-corrected chi connectivity index (χ1v) is 9.42. The minimum atomic E-state index is 0.189. The fourth-order valence-corrected chi connectivity index (χ4v) is 3.76. The van der Waals surface area contributed by atoms with Gasteiger partial charge in [0, 0.05) is 23.0 Å². The molecule has 4 rings (SSSR count). The molecule has 136 valence electrons. The Morgan fingerprint density at radius 2 is 2.08 bits per heavy atom. The monoisotopic (exact) mass is 371 g/mol. The van der Waals surface area contributed by atoms with Crippen LogP contribution in [0.4, 0.5) is 0 Å². The number of hydrogen-bond donors (Lipinski definition) is 0. The Hall–Kier alpha value is -2.20. The van der Waals surface area contributed by atoms with Crippen LogP contribution in [-0.4, -0.2) is 31.1 Å². The SMILES string of the molecule is COc1cc(-c2cccc(Cl)c2)cc2c1OCCN(C(=O)C1CCC1)C2. The van der Waals surface area contributed by atoms with Crippen molar-refractivity contribution in [2.75, 3.05) is 20.3 Å². The van der Waals surface area contributed by atoms with Gasteiger partial charge in [0.2, 0.25) is 5.91 Å². The van der Waals surface area contributed by atoms with Crippen LogP contribution in [0, 0.1) is 5.92 Å². The molecule has 1 aliphatic heterocycles. The van der Waals surface area contributed by atoms with E-state index in [1.165, 1.54) is 0 Å². The number of amides is 1. The van der Waals surface area contributed by atoms with Crippen molar-refractivity contribution in [3.8, 4) is 22.6 Å². The summed E-state index contributed by atoms with van der Waals surface area (Å²) in [5, 5.41) is 0.689. The van der Waals surface area contributed by atoms with Crippen molar-refractivity contribution >= 4 is 17.5 Å². The van der Waals surface area contributed by atoms with E-state index in [2.05, 4.69) is 6.07 Å². The molecule has 2 aliphatic rings. The molecule has 0 unspecified atom stereocenters. The molecule has 0 radical (unpaired) electrons. The van der Waals surface area contributed by atoms with Gasteiger partial charge in [-0.05, 0) is 48.2 Å². The molecular formula is C21H22ClNO3. The molecule has 2 aromatic carbocycles. The lowest BCUT2D eigenvalue weighted by atomic mass is 9.84. The molecule has 0 atom stereocenters. The molecule has 0 saturated heterocycles. The lowest BCUT2D eigenvalue weighted by Gasteiger charge is -2.30. The molecule has 2 aromatic rings. The first-order valence-electron chi connectivity index (χ1n) is 9.04. The molecule has 1 saturated carbocycles. The van der Waals surface area contributed by atoms with Gasteiger partial charge in [-0.2, -0.15) is 0 Å². The second kappa shape index (κ2) is 7.20. The van der Waals surface area contributed by atoms with Crippen LogP contribution >= 0.6 is 11.6 Å². The normalized spacial score (nSPS) is 16.9. The van der Waals surface area contributed by atoms with E-state index in [1.807, 2.05) is 35.2 Å². The van der Waals surface area contributed by atoms with Gasteiger partial charge in [0.25, 0.3) is 0 Å². The average molecular weight is 372 g/mol. The van der Waals surface area contributed by atoms with Gasteiger partial charge in [0.1, 0.15) is 6.61 Å². The third kappa shape index (κ3) is 3.26. The van der Waals surface area contributed by atoms with E-state index in [4.69, 9.17) is 21.1 Å². The summed E-state index contributed by atoms with van der Waals surface area (Å²) in [5.41, 5.74) is 2.99. The summed E-state index contributed by atoms with van der Waals surface area (Å²) in [6.07, 6.45) is 3.17. The summed E-state index contributed by atoms with van der Waals surface area (Å²) in [5.74, 6) is 1.87. The molecular weight excluding hydrogens is 350 g/mol. The van der Waals surface area contributed by atoms with Gasteiger partial charge in [0.15, 0.2) is 11.5 Å². The zero-order valence-corrected chi connectivity index (χ0v) is 15.6. The van der Waals surface area contributed by atoms with Gasteiger partial charge in [-0.3, -0.25) is 4.79 Å². The predicted molar refractivity (Wildman–Crippen MR) is 102 cm³/mol. The van der Waals surface area contributed by atoms with E-state index < -0.39 is 0 Å². The predicted octanol–water partition coefficient (Wildman–Crippen LogP) is 4.54. The average Bonchev–Trinajstić information content (AvgIpc) is 2.81. The Labute approximate surface area is 158 Å². The van der Waals surface area contributed by atoms with E-state index in [9.17, 15) is 4.79 Å². The Morgan fingerprint density at radius 1 is 1.23 bits per heavy atom. The van der Waals surface area contributed by atoms with Crippen molar-refractivity contribution in [1.29, 1.82) is 0 Å². The summed E-state index contributed by atoms with van der Waals surface area (Å²) in [6, 6.07) is 11.8. The number of halogens is 1. The van der Waals surface area contributed by atoms with Gasteiger partial charge < -0.3 is 14.4 Å². The molecule has 0 bridgehead atoms. The number of carbonyl (C=O) groups is 1. The van der Waals surface area contributed by atoms with Crippen LogP contribution in [0.3, 0.4) is 0 Å². The Kier molecular flexibility index (Phi) is 4.77. The highest BCUT2D eigenvalue weighted by Crippen LogP contribution is 2.39. The second-order valence-corrected chi connectivity index (χ2v) is 7.35. The molecule has 0 N–H and O–H groups in total. The molecule has 0 aromatic heterocycles. The number of ether oxygens (including phenoxy) is 2. The summed E-state index contributed by atoms with van der Waals surface area (Å²) in [4.78, 5) is 14.6. The lowest BCUT2D eigenvalue weighted by molar-refractivity contribution is -0.138. The number of hydrogen-bond acceptors (Lipinski definition) is 3. The van der Waals surface area contributed by atoms with Crippen LogP contribution in [0.2, 0.25) is 5.02 Å². The van der Waals surface area contributed by atoms with E-state index in [0.29, 0.717) is 30.5 Å². The van der Waals surface area contributed by atoms with Crippen molar-refractivity contribution in [2.45, 2.75) is 25.8 Å². The maximum absolute atomic E-state index is 12.7. The first kappa shape index (κ1) is 17.2. The van der Waals surface area contributed by atoms with Crippen LogP contribution in [0.25, 0.3) is 11.1 Å². The van der Waals surface area contributed by atoms with Gasteiger partial charge in [-0.1, -0.05) is 30.2 Å². The fourth-order valence-electron chi connectivity index (χ4n) is 3.57. The number of fused-ring (bicyclic) bond motifs is 1. The maximum Gasteiger partial charge on any atom is 0.226 e. The molecule has 5 heteroatoms. The largest absolute Gasteiger partial charge is 0.493 e. The third-order valence-electron chi connectivity index (χ3n) is 5.24. The van der Waals surface area contributed by atoms with Crippen LogP contribution in [0.15, 0.2) is 36.4 Å². The van der Waals surface area contributed by atoms with Gasteiger partial charge in [-0.25, -0.2) is 0 Å². The molecule has 4 nitrogen and oxygen atoms in total. The van der Waals surface area contributed by atoms with Crippen LogP contribution in [-0.2, 0) is 11.3 Å². The Morgan fingerprint density at radius 3 is 2.77 bits per heavy atom. The van der Waals surface area contributed by atoms with E-state index in [0.717, 1.165) is 41.7 Å². The van der Waals surface area contributed by atoms with Gasteiger partial charge in [-0.15, -0.1) is 0 Å². The smallest absolute Gasteiger partial charge is 0.226 e. The summed E-state index contributed by atoms with van der Waals surface area (Å²) >= 11 is 6.15. The standard InChI is InChI=1S/C21H22ClNO3/c1-25-19-12-16(15-6-3-7-18(22)11-15)10-17-13-23(8-9-26-20(17)19)21(24)14-4-2-5-14/h3,6-7,10-12,14H,2,4-5,8-9,13H2,1H3. The van der Waals surface area contributed by atoms with Crippen LogP contribution in [0.1, 0.15) is 24.8 Å². The molecule has 26 heavy (non-hydrogen) atoms. The molecule has 1 heterocycles. The number of methoxy groups -OCH3 is 1. The minimum Gasteiger partial charge on any atom is -0.493 e. The lowest BCUT2D eigenvalue weighted by Crippen LogP contribution is -2.39. The summed E-state index contributed by atoms with van der Waals surface area (Å²) in [6.45, 7) is 1.65. The summed E-state index contributed by atoms with van der Waals surface area (Å²) in [7, 11) is 1.64. The number of rotatable bonds is 3. The maximum atomic E-state index is 12.7. The number of nitrogens with zero attached hydrogens (tertiary/aromatic N) is 1. The molecule has 1 amide bonds. The van der Waals surface area contributed by atoms with Crippen LogP contribution in [0.5, 0.6) is 11.5 Å². The van der Waals surface area contributed by atoms with Crippen molar-refractivity contribution in [2.24, 2.45) is 5.92 Å². The van der Waals surface area contributed by atoms with Crippen molar-refractivity contribution in [1.82, 2.24) is 4.90 Å². The van der Waals surface area contributed by atoms with E-state index in [1.54, 1.807) is 7.11 Å². The van der Waals surface area contributed by atoms with Crippen molar-refractivity contribution in [3.63, 3.8) is 0 Å². The number of benzene rings is 2. The fraction of sp³-hybridized carbons (Fsp3) is 0.381. The van der Waals surface area contributed by atoms with Crippen LogP contribution < -0.4 is 9.47 Å². The van der Waals surface area contributed by atoms with E-state index in [-0.39, 0.29) is 11.8 Å². The highest BCUT2D eigenvalue weighted by Gasteiger charge is 2.31. The first-order chi connectivity index (χ1) is 12.7. The Bertz CT molecular complexity index is 832. The van der Waals surface area contributed by atoms with Crippen molar-refractivity contribution in [3.05, 3.63) is 47.0 Å². The van der Waals surface area contributed by atoms with Crippen molar-refractivity contribution < 1.29 is 14.3 Å². The topological polar surface area (TPSA) is 38.8 Å². The summed E-state index contributed by atoms with van der Waals surface area (Å²) < 4.78 is 11.5. The molecule has 0 spiro atoms. The number of carbonyl (C=O) groups excluding carboxylic acids is 1. The highest BCUT2D eigenvalue weighted by molar-refractivity contribution is 6.30. The van der Waals surface area contributed by atoms with Gasteiger partial charge >= 0.3 is 0 Å². The zero-order chi connectivity index (χ0) is 18.1. The molecule has 1 fully saturated rings. The Balaban J connectivity index is 1.71. The highest BCUT2D eigenvalue weighted by atomic mass is 35.5. The quantitative estimate of drug-likeness (QED) is 0.795.